The molecule has 0 aromatic heterocycles. The van der Waals surface area contributed by atoms with Crippen LogP contribution in [0.15, 0.2) is 29.2 Å². The topological polar surface area (TPSA) is 58.6 Å². The van der Waals surface area contributed by atoms with Crippen molar-refractivity contribution in [2.75, 3.05) is 39.2 Å². The molecular weight excluding hydrogens is 252 g/mol. The van der Waals surface area contributed by atoms with Crippen LogP contribution in [0.3, 0.4) is 0 Å². The Morgan fingerprint density at radius 3 is 2.56 bits per heavy atom. The number of anilines is 1. The molecule has 0 spiro atoms. The highest BCUT2D eigenvalue weighted by molar-refractivity contribution is 7.89. The molecule has 6 heteroatoms. The molecule has 18 heavy (non-hydrogen) atoms. The predicted molar refractivity (Wildman–Crippen MR) is 72.3 cm³/mol. The van der Waals surface area contributed by atoms with Crippen molar-refractivity contribution in [1.82, 2.24) is 4.31 Å². The fraction of sp³-hybridized carbons (Fsp3) is 0.500. The van der Waals surface area contributed by atoms with Gasteiger partial charge < -0.3 is 10.1 Å². The third-order valence-electron chi connectivity index (χ3n) is 2.41. The fourth-order valence-corrected chi connectivity index (χ4v) is 2.50. The summed E-state index contributed by atoms with van der Waals surface area (Å²) in [7, 11) is -0.380. The van der Waals surface area contributed by atoms with Crippen LogP contribution in [-0.4, -0.2) is 46.6 Å². The van der Waals surface area contributed by atoms with Gasteiger partial charge in [0.15, 0.2) is 0 Å². The van der Waals surface area contributed by atoms with E-state index in [1.165, 1.54) is 18.4 Å². The normalized spacial score (nSPS) is 11.8. The summed E-state index contributed by atoms with van der Waals surface area (Å²) in [6.45, 7) is 3.70. The maximum Gasteiger partial charge on any atom is 0.244 e. The van der Waals surface area contributed by atoms with Gasteiger partial charge in [-0.3, -0.25) is 0 Å². The zero-order valence-corrected chi connectivity index (χ0v) is 11.8. The molecule has 0 heterocycles. The molecule has 5 nitrogen and oxygen atoms in total. The second-order valence-corrected chi connectivity index (χ2v) is 6.03. The van der Waals surface area contributed by atoms with Crippen LogP contribution < -0.4 is 5.32 Å². The molecule has 0 amide bonds. The van der Waals surface area contributed by atoms with Crippen LogP contribution in [0.25, 0.3) is 0 Å². The van der Waals surface area contributed by atoms with Crippen molar-refractivity contribution >= 4 is 15.7 Å². The van der Waals surface area contributed by atoms with Crippen LogP contribution in [0.1, 0.15) is 6.92 Å². The average molecular weight is 272 g/mol. The van der Waals surface area contributed by atoms with E-state index in [-0.39, 0.29) is 4.90 Å². The Morgan fingerprint density at radius 2 is 1.94 bits per heavy atom. The van der Waals surface area contributed by atoms with E-state index in [1.807, 2.05) is 6.92 Å². The van der Waals surface area contributed by atoms with Gasteiger partial charge in [0.2, 0.25) is 10.0 Å². The Kier molecular flexibility index (Phi) is 5.58. The van der Waals surface area contributed by atoms with Gasteiger partial charge in [-0.2, -0.15) is 0 Å². The van der Waals surface area contributed by atoms with Crippen LogP contribution in [0.4, 0.5) is 5.69 Å². The lowest BCUT2D eigenvalue weighted by Gasteiger charge is -2.16. The number of nitrogens with zero attached hydrogens (tertiary/aromatic N) is 1. The third-order valence-corrected chi connectivity index (χ3v) is 4.28. The Balaban J connectivity index is 2.87. The third kappa shape index (κ3) is 3.69. The number of rotatable bonds is 7. The highest BCUT2D eigenvalue weighted by Gasteiger charge is 2.20. The maximum absolute atomic E-state index is 12.1. The van der Waals surface area contributed by atoms with Gasteiger partial charge in [0.1, 0.15) is 4.90 Å². The highest BCUT2D eigenvalue weighted by Crippen LogP contribution is 2.22. The second-order valence-electron chi connectivity index (χ2n) is 3.91. The molecule has 1 aromatic carbocycles. The minimum atomic E-state index is -3.42. The summed E-state index contributed by atoms with van der Waals surface area (Å²) in [4.78, 5) is 0.284. The molecule has 1 N–H and O–H groups in total. The van der Waals surface area contributed by atoms with Crippen molar-refractivity contribution in [2.45, 2.75) is 11.8 Å². The molecule has 0 saturated carbocycles. The van der Waals surface area contributed by atoms with Crippen LogP contribution in [0.5, 0.6) is 0 Å². The molecule has 102 valence electrons. The molecule has 0 aliphatic carbocycles. The largest absolute Gasteiger partial charge is 0.382 e. The second kappa shape index (κ2) is 6.72. The molecular formula is C12H20N2O3S. The monoisotopic (exact) mass is 272 g/mol. The standard InChI is InChI=1S/C12H20N2O3S/c1-4-17-10-9-13-11-7-5-6-8-12(11)18(15,16)14(2)3/h5-8,13H,4,9-10H2,1-3H3. The molecule has 0 radical (unpaired) electrons. The highest BCUT2D eigenvalue weighted by atomic mass is 32.2. The van der Waals surface area contributed by atoms with Gasteiger partial charge in [-0.1, -0.05) is 12.1 Å². The number of nitrogens with one attached hydrogen (secondary N) is 1. The van der Waals surface area contributed by atoms with Gasteiger partial charge in [0, 0.05) is 27.2 Å². The number of ether oxygens (including phenoxy) is 1. The van der Waals surface area contributed by atoms with Crippen molar-refractivity contribution in [3.05, 3.63) is 24.3 Å². The average Bonchev–Trinajstić information content (AvgIpc) is 2.35. The molecule has 0 aliphatic rings. The molecule has 0 saturated heterocycles. The van der Waals surface area contributed by atoms with Crippen molar-refractivity contribution in [1.29, 1.82) is 0 Å². The van der Waals surface area contributed by atoms with E-state index in [2.05, 4.69) is 5.32 Å². The molecule has 1 aromatic rings. The van der Waals surface area contributed by atoms with Gasteiger partial charge >= 0.3 is 0 Å². The van der Waals surface area contributed by atoms with E-state index in [0.717, 1.165) is 0 Å². The molecule has 0 aliphatic heterocycles. The Labute approximate surface area is 109 Å². The van der Waals surface area contributed by atoms with Crippen LogP contribution in [0.2, 0.25) is 0 Å². The van der Waals surface area contributed by atoms with E-state index in [9.17, 15) is 8.42 Å². The lowest BCUT2D eigenvalue weighted by atomic mass is 10.3. The van der Waals surface area contributed by atoms with Crippen LogP contribution in [-0.2, 0) is 14.8 Å². The first-order valence-corrected chi connectivity index (χ1v) is 7.27. The maximum atomic E-state index is 12.1. The summed E-state index contributed by atoms with van der Waals surface area (Å²) in [5, 5.41) is 3.08. The smallest absolute Gasteiger partial charge is 0.244 e. The number of sulfonamides is 1. The SMILES string of the molecule is CCOCCNc1ccccc1S(=O)(=O)N(C)C. The quantitative estimate of drug-likeness (QED) is 0.762. The zero-order chi connectivity index (χ0) is 13.6. The number of benzene rings is 1. The van der Waals surface area contributed by atoms with Gasteiger partial charge in [0.05, 0.1) is 12.3 Å². The van der Waals surface area contributed by atoms with E-state index in [4.69, 9.17) is 4.74 Å². The summed E-state index contributed by atoms with van der Waals surface area (Å²) in [6, 6.07) is 6.86. The number of para-hydroxylation sites is 1. The van der Waals surface area contributed by atoms with Crippen molar-refractivity contribution in [3.63, 3.8) is 0 Å². The van der Waals surface area contributed by atoms with Crippen molar-refractivity contribution in [2.24, 2.45) is 0 Å². The van der Waals surface area contributed by atoms with Crippen molar-refractivity contribution in [3.8, 4) is 0 Å². The molecule has 1 rings (SSSR count). The van der Waals surface area contributed by atoms with Gasteiger partial charge in [-0.15, -0.1) is 0 Å². The zero-order valence-electron chi connectivity index (χ0n) is 11.0. The molecule has 0 unspecified atom stereocenters. The van der Waals surface area contributed by atoms with Crippen LogP contribution in [0, 0.1) is 0 Å². The fourth-order valence-electron chi connectivity index (χ4n) is 1.44. The number of hydrogen-bond acceptors (Lipinski definition) is 4. The Bertz CT molecular complexity index is 472. The first kappa shape index (κ1) is 14.9. The summed E-state index contributed by atoms with van der Waals surface area (Å²) >= 11 is 0. The van der Waals surface area contributed by atoms with E-state index in [0.29, 0.717) is 25.4 Å². The molecule has 0 bridgehead atoms. The van der Waals surface area contributed by atoms with E-state index < -0.39 is 10.0 Å². The summed E-state index contributed by atoms with van der Waals surface area (Å²) in [5.41, 5.74) is 0.603. The summed E-state index contributed by atoms with van der Waals surface area (Å²) in [6.07, 6.45) is 0. The number of hydrogen-bond donors (Lipinski definition) is 1. The first-order chi connectivity index (χ1) is 8.50. The van der Waals surface area contributed by atoms with E-state index in [1.54, 1.807) is 24.3 Å². The molecule has 0 fully saturated rings. The summed E-state index contributed by atoms with van der Waals surface area (Å²) in [5.74, 6) is 0. The van der Waals surface area contributed by atoms with Gasteiger partial charge in [0.25, 0.3) is 0 Å². The minimum absolute atomic E-state index is 0.284. The predicted octanol–water partition coefficient (Wildman–Crippen LogP) is 1.39. The van der Waals surface area contributed by atoms with Crippen LogP contribution >= 0.6 is 0 Å². The lowest BCUT2D eigenvalue weighted by molar-refractivity contribution is 0.158. The lowest BCUT2D eigenvalue weighted by Crippen LogP contribution is -2.23. The van der Waals surface area contributed by atoms with Gasteiger partial charge in [-0.25, -0.2) is 12.7 Å². The first-order valence-electron chi connectivity index (χ1n) is 5.83. The Morgan fingerprint density at radius 1 is 1.28 bits per heavy atom. The van der Waals surface area contributed by atoms with Crippen molar-refractivity contribution < 1.29 is 13.2 Å². The minimum Gasteiger partial charge on any atom is -0.382 e. The van der Waals surface area contributed by atoms with E-state index >= 15 is 0 Å². The molecule has 0 atom stereocenters. The summed E-state index contributed by atoms with van der Waals surface area (Å²) < 4.78 is 30.6. The van der Waals surface area contributed by atoms with Gasteiger partial charge in [-0.05, 0) is 19.1 Å². The Hall–Kier alpha value is -1.11.